The molecular formula is C17H17NO. The van der Waals surface area contributed by atoms with Crippen molar-refractivity contribution in [3.63, 3.8) is 0 Å². The number of ether oxygens (including phenoxy) is 1. The molecule has 3 rings (SSSR count). The fourth-order valence-corrected chi connectivity index (χ4v) is 2.54. The van der Waals surface area contributed by atoms with Gasteiger partial charge in [-0.05, 0) is 43.5 Å². The summed E-state index contributed by atoms with van der Waals surface area (Å²) >= 11 is 0. The Kier molecular flexibility index (Phi) is 3.00. The molecule has 0 aliphatic rings. The standard InChI is InChI=1S/C17H17NO/c1-13-12-15-8-6-7-11-17(15)18(13)14(2)19-16-9-4-3-5-10-16/h3-12,14H,1-2H3. The third kappa shape index (κ3) is 2.22. The smallest absolute Gasteiger partial charge is 0.173 e. The van der Waals surface area contributed by atoms with Crippen LogP contribution in [-0.2, 0) is 0 Å². The highest BCUT2D eigenvalue weighted by Crippen LogP contribution is 2.25. The topological polar surface area (TPSA) is 14.2 Å². The minimum Gasteiger partial charge on any atom is -0.470 e. The second-order valence-electron chi connectivity index (χ2n) is 4.74. The van der Waals surface area contributed by atoms with Crippen molar-refractivity contribution in [3.8, 4) is 5.75 Å². The number of aryl methyl sites for hydroxylation is 1. The molecule has 0 aliphatic carbocycles. The van der Waals surface area contributed by atoms with Crippen molar-refractivity contribution in [1.82, 2.24) is 4.57 Å². The van der Waals surface area contributed by atoms with E-state index in [-0.39, 0.29) is 6.23 Å². The average Bonchev–Trinajstić information content (AvgIpc) is 2.75. The van der Waals surface area contributed by atoms with Crippen molar-refractivity contribution in [2.24, 2.45) is 0 Å². The van der Waals surface area contributed by atoms with Gasteiger partial charge in [-0.3, -0.25) is 0 Å². The van der Waals surface area contributed by atoms with Crippen LogP contribution in [0.25, 0.3) is 10.9 Å². The first-order valence-corrected chi connectivity index (χ1v) is 6.54. The van der Waals surface area contributed by atoms with E-state index in [0.717, 1.165) is 5.75 Å². The molecule has 2 heteroatoms. The third-order valence-corrected chi connectivity index (χ3v) is 3.35. The first-order chi connectivity index (χ1) is 9.25. The second-order valence-corrected chi connectivity index (χ2v) is 4.74. The third-order valence-electron chi connectivity index (χ3n) is 3.35. The molecule has 0 saturated heterocycles. The summed E-state index contributed by atoms with van der Waals surface area (Å²) in [6.07, 6.45) is -0.0256. The lowest BCUT2D eigenvalue weighted by Gasteiger charge is -2.19. The number of para-hydroxylation sites is 2. The predicted molar refractivity (Wildman–Crippen MR) is 78.5 cm³/mol. The summed E-state index contributed by atoms with van der Waals surface area (Å²) in [5.74, 6) is 0.896. The Labute approximate surface area is 113 Å². The van der Waals surface area contributed by atoms with Gasteiger partial charge < -0.3 is 9.30 Å². The number of nitrogens with zero attached hydrogens (tertiary/aromatic N) is 1. The maximum atomic E-state index is 6.01. The van der Waals surface area contributed by atoms with Crippen LogP contribution in [0, 0.1) is 6.92 Å². The van der Waals surface area contributed by atoms with Crippen molar-refractivity contribution in [2.45, 2.75) is 20.1 Å². The molecule has 0 saturated carbocycles. The lowest BCUT2D eigenvalue weighted by molar-refractivity contribution is 0.155. The van der Waals surface area contributed by atoms with E-state index >= 15 is 0 Å². The average molecular weight is 251 g/mol. The van der Waals surface area contributed by atoms with E-state index in [4.69, 9.17) is 4.74 Å². The van der Waals surface area contributed by atoms with Gasteiger partial charge in [-0.2, -0.15) is 0 Å². The Morgan fingerprint density at radius 1 is 0.947 bits per heavy atom. The number of hydrogen-bond acceptors (Lipinski definition) is 1. The summed E-state index contributed by atoms with van der Waals surface area (Å²) < 4.78 is 8.24. The quantitative estimate of drug-likeness (QED) is 0.666. The molecule has 19 heavy (non-hydrogen) atoms. The molecule has 1 heterocycles. The van der Waals surface area contributed by atoms with Crippen LogP contribution < -0.4 is 4.74 Å². The van der Waals surface area contributed by atoms with Crippen LogP contribution in [0.15, 0.2) is 60.7 Å². The van der Waals surface area contributed by atoms with Crippen LogP contribution in [0.1, 0.15) is 18.8 Å². The minimum absolute atomic E-state index is 0.0256. The zero-order chi connectivity index (χ0) is 13.2. The Morgan fingerprint density at radius 3 is 2.42 bits per heavy atom. The van der Waals surface area contributed by atoms with E-state index in [1.165, 1.54) is 16.6 Å². The fourth-order valence-electron chi connectivity index (χ4n) is 2.54. The van der Waals surface area contributed by atoms with Crippen LogP contribution in [0.2, 0.25) is 0 Å². The Hall–Kier alpha value is -2.22. The summed E-state index contributed by atoms with van der Waals surface area (Å²) in [5, 5.41) is 1.25. The summed E-state index contributed by atoms with van der Waals surface area (Å²) in [6.45, 7) is 4.19. The normalized spacial score (nSPS) is 12.5. The molecule has 0 aliphatic heterocycles. The van der Waals surface area contributed by atoms with Gasteiger partial charge in [0.25, 0.3) is 0 Å². The van der Waals surface area contributed by atoms with Gasteiger partial charge in [0, 0.05) is 5.69 Å². The minimum atomic E-state index is -0.0256. The Bertz CT molecular complexity index is 685. The SMILES string of the molecule is Cc1cc2ccccc2n1C(C)Oc1ccccc1. The van der Waals surface area contributed by atoms with E-state index in [1.54, 1.807) is 0 Å². The molecule has 0 spiro atoms. The first kappa shape index (κ1) is 11.8. The molecule has 3 aromatic rings. The van der Waals surface area contributed by atoms with Gasteiger partial charge in [-0.1, -0.05) is 36.4 Å². The molecule has 2 aromatic carbocycles. The van der Waals surface area contributed by atoms with Gasteiger partial charge in [0.05, 0.1) is 5.52 Å². The van der Waals surface area contributed by atoms with E-state index in [0.29, 0.717) is 0 Å². The van der Waals surface area contributed by atoms with Crippen molar-refractivity contribution < 1.29 is 4.74 Å². The van der Waals surface area contributed by atoms with Gasteiger partial charge in [0.1, 0.15) is 5.75 Å². The molecule has 0 fully saturated rings. The van der Waals surface area contributed by atoms with Crippen LogP contribution in [0.3, 0.4) is 0 Å². The Balaban J connectivity index is 1.97. The maximum absolute atomic E-state index is 6.01. The molecule has 0 radical (unpaired) electrons. The summed E-state index contributed by atoms with van der Waals surface area (Å²) in [6, 6.07) is 20.5. The van der Waals surface area contributed by atoms with Crippen LogP contribution in [0.4, 0.5) is 0 Å². The van der Waals surface area contributed by atoms with Crippen molar-refractivity contribution in [3.05, 3.63) is 66.4 Å². The molecule has 1 aromatic heterocycles. The van der Waals surface area contributed by atoms with Crippen LogP contribution in [0.5, 0.6) is 5.75 Å². The molecule has 1 unspecified atom stereocenters. The van der Waals surface area contributed by atoms with E-state index < -0.39 is 0 Å². The van der Waals surface area contributed by atoms with E-state index in [2.05, 4.69) is 48.7 Å². The van der Waals surface area contributed by atoms with Crippen LogP contribution >= 0.6 is 0 Å². The van der Waals surface area contributed by atoms with Gasteiger partial charge in [-0.15, -0.1) is 0 Å². The largest absolute Gasteiger partial charge is 0.470 e. The monoisotopic (exact) mass is 251 g/mol. The summed E-state index contributed by atoms with van der Waals surface area (Å²) in [7, 11) is 0. The van der Waals surface area contributed by atoms with Crippen LogP contribution in [-0.4, -0.2) is 4.57 Å². The predicted octanol–water partition coefficient (Wildman–Crippen LogP) is 4.55. The number of fused-ring (bicyclic) bond motifs is 1. The highest BCUT2D eigenvalue weighted by molar-refractivity contribution is 5.81. The molecule has 96 valence electrons. The number of hydrogen-bond donors (Lipinski definition) is 0. The second kappa shape index (κ2) is 4.81. The molecule has 2 nitrogen and oxygen atoms in total. The van der Waals surface area contributed by atoms with Crippen molar-refractivity contribution in [1.29, 1.82) is 0 Å². The Morgan fingerprint density at radius 2 is 1.63 bits per heavy atom. The zero-order valence-corrected chi connectivity index (χ0v) is 11.2. The molecule has 0 amide bonds. The van der Waals surface area contributed by atoms with Gasteiger partial charge in [0.2, 0.25) is 0 Å². The highest BCUT2D eigenvalue weighted by Gasteiger charge is 2.12. The van der Waals surface area contributed by atoms with Crippen molar-refractivity contribution >= 4 is 10.9 Å². The number of rotatable bonds is 3. The lowest BCUT2D eigenvalue weighted by atomic mass is 10.2. The van der Waals surface area contributed by atoms with Gasteiger partial charge >= 0.3 is 0 Å². The number of benzene rings is 2. The summed E-state index contributed by atoms with van der Waals surface area (Å²) in [5.41, 5.74) is 2.42. The highest BCUT2D eigenvalue weighted by atomic mass is 16.5. The molecule has 0 bridgehead atoms. The van der Waals surface area contributed by atoms with E-state index in [9.17, 15) is 0 Å². The molecular weight excluding hydrogens is 234 g/mol. The van der Waals surface area contributed by atoms with Gasteiger partial charge in [-0.25, -0.2) is 0 Å². The summed E-state index contributed by atoms with van der Waals surface area (Å²) in [4.78, 5) is 0. The molecule has 0 N–H and O–H groups in total. The van der Waals surface area contributed by atoms with E-state index in [1.807, 2.05) is 30.3 Å². The van der Waals surface area contributed by atoms with Crippen molar-refractivity contribution in [2.75, 3.05) is 0 Å². The molecule has 1 atom stereocenters. The van der Waals surface area contributed by atoms with Gasteiger partial charge in [0.15, 0.2) is 6.23 Å². The maximum Gasteiger partial charge on any atom is 0.173 e. The number of aromatic nitrogens is 1. The zero-order valence-electron chi connectivity index (χ0n) is 11.2. The lowest BCUT2D eigenvalue weighted by Crippen LogP contribution is -2.13. The first-order valence-electron chi connectivity index (χ1n) is 6.54. The fraction of sp³-hybridized carbons (Fsp3) is 0.176.